The van der Waals surface area contributed by atoms with Gasteiger partial charge in [0.25, 0.3) is 0 Å². The summed E-state index contributed by atoms with van der Waals surface area (Å²) in [6.07, 6.45) is 3.29. The van der Waals surface area contributed by atoms with Crippen LogP contribution in [0.2, 0.25) is 0 Å². The maximum Gasteiger partial charge on any atom is 0.147 e. The van der Waals surface area contributed by atoms with Gasteiger partial charge in [-0.05, 0) is 38.1 Å². The predicted molar refractivity (Wildman–Crippen MR) is 71.6 cm³/mol. The van der Waals surface area contributed by atoms with Crippen molar-refractivity contribution in [2.75, 3.05) is 13.1 Å². The lowest BCUT2D eigenvalue weighted by molar-refractivity contribution is 0.556. The van der Waals surface area contributed by atoms with E-state index in [1.54, 1.807) is 12.5 Å². The second kappa shape index (κ2) is 6.00. The lowest BCUT2D eigenvalue weighted by Crippen LogP contribution is -1.99. The van der Waals surface area contributed by atoms with E-state index in [4.69, 9.17) is 8.83 Å². The molecule has 2 heterocycles. The standard InChI is InChI=1S/C14H16N2O2/c1-11(13-5-3-9-17-13)15-7-8-16-12(2)14-6-4-10-18-14/h3-6,9-10H,7-8H2,1-2H3. The van der Waals surface area contributed by atoms with Crippen molar-refractivity contribution in [2.24, 2.45) is 9.98 Å². The molecule has 2 rings (SSSR count). The van der Waals surface area contributed by atoms with Crippen molar-refractivity contribution in [3.05, 3.63) is 48.3 Å². The van der Waals surface area contributed by atoms with Gasteiger partial charge >= 0.3 is 0 Å². The predicted octanol–water partition coefficient (Wildman–Crippen LogP) is 3.19. The van der Waals surface area contributed by atoms with Gasteiger partial charge in [0.15, 0.2) is 0 Å². The van der Waals surface area contributed by atoms with Crippen LogP contribution in [0.1, 0.15) is 25.4 Å². The Bertz CT molecular complexity index is 472. The largest absolute Gasteiger partial charge is 0.463 e. The van der Waals surface area contributed by atoms with Crippen LogP contribution in [0.3, 0.4) is 0 Å². The van der Waals surface area contributed by atoms with Gasteiger partial charge in [0, 0.05) is 0 Å². The third-order valence-corrected chi connectivity index (χ3v) is 2.55. The Morgan fingerprint density at radius 2 is 1.33 bits per heavy atom. The van der Waals surface area contributed by atoms with Crippen LogP contribution in [0, 0.1) is 0 Å². The molecule has 18 heavy (non-hydrogen) atoms. The van der Waals surface area contributed by atoms with E-state index >= 15 is 0 Å². The summed E-state index contributed by atoms with van der Waals surface area (Å²) in [7, 11) is 0. The molecule has 0 aliphatic rings. The fourth-order valence-corrected chi connectivity index (χ4v) is 1.56. The van der Waals surface area contributed by atoms with E-state index in [2.05, 4.69) is 9.98 Å². The average molecular weight is 244 g/mol. The molecule has 4 heteroatoms. The summed E-state index contributed by atoms with van der Waals surface area (Å²) in [6.45, 7) is 5.15. The summed E-state index contributed by atoms with van der Waals surface area (Å²) < 4.78 is 10.5. The molecule has 0 saturated carbocycles. The van der Waals surface area contributed by atoms with Gasteiger partial charge in [-0.1, -0.05) is 0 Å². The molecule has 0 amide bonds. The van der Waals surface area contributed by atoms with E-state index in [-0.39, 0.29) is 0 Å². The molecule has 2 aromatic heterocycles. The fourth-order valence-electron chi connectivity index (χ4n) is 1.56. The van der Waals surface area contributed by atoms with Crippen molar-refractivity contribution in [3.8, 4) is 0 Å². The van der Waals surface area contributed by atoms with E-state index in [1.807, 2.05) is 38.1 Å². The smallest absolute Gasteiger partial charge is 0.147 e. The quantitative estimate of drug-likeness (QED) is 0.599. The second-order valence-corrected chi connectivity index (χ2v) is 3.89. The molecule has 2 aromatic rings. The highest BCUT2D eigenvalue weighted by molar-refractivity contribution is 5.96. The first-order valence-electron chi connectivity index (χ1n) is 5.87. The minimum Gasteiger partial charge on any atom is -0.463 e. The molecule has 0 saturated heterocycles. The molecule has 0 fully saturated rings. The topological polar surface area (TPSA) is 51.0 Å². The van der Waals surface area contributed by atoms with E-state index in [0.717, 1.165) is 22.9 Å². The van der Waals surface area contributed by atoms with Crippen LogP contribution < -0.4 is 0 Å². The van der Waals surface area contributed by atoms with Gasteiger partial charge in [0.2, 0.25) is 0 Å². The van der Waals surface area contributed by atoms with Gasteiger partial charge in [0.05, 0.1) is 37.0 Å². The third-order valence-electron chi connectivity index (χ3n) is 2.55. The fraction of sp³-hybridized carbons (Fsp3) is 0.286. The van der Waals surface area contributed by atoms with Crippen LogP contribution in [0.4, 0.5) is 0 Å². The summed E-state index contributed by atoms with van der Waals surface area (Å²) in [4.78, 5) is 8.81. The highest BCUT2D eigenvalue weighted by atomic mass is 16.3. The molecular formula is C14H16N2O2. The molecule has 0 aromatic carbocycles. The first-order chi connectivity index (χ1) is 8.77. The van der Waals surface area contributed by atoms with Crippen molar-refractivity contribution < 1.29 is 8.83 Å². The summed E-state index contributed by atoms with van der Waals surface area (Å²) in [5.41, 5.74) is 1.79. The third kappa shape index (κ3) is 3.20. The Balaban J connectivity index is 1.86. The molecule has 0 aliphatic heterocycles. The highest BCUT2D eigenvalue weighted by Crippen LogP contribution is 2.03. The normalized spacial score (nSPS) is 13.0. The SMILES string of the molecule is CC(=NCCN=C(C)c1ccco1)c1ccco1. The summed E-state index contributed by atoms with van der Waals surface area (Å²) in [5.74, 6) is 1.61. The first-order valence-corrected chi connectivity index (χ1v) is 5.87. The van der Waals surface area contributed by atoms with Crippen LogP contribution in [0.25, 0.3) is 0 Å². The molecule has 0 unspecified atom stereocenters. The number of nitrogens with zero attached hydrogens (tertiary/aromatic N) is 2. The lowest BCUT2D eigenvalue weighted by Gasteiger charge is -1.97. The number of aliphatic imine (C=N–C) groups is 2. The molecule has 0 spiro atoms. The molecule has 0 aliphatic carbocycles. The van der Waals surface area contributed by atoms with Crippen molar-refractivity contribution in [1.29, 1.82) is 0 Å². The molecule has 4 nitrogen and oxygen atoms in total. The molecule has 0 bridgehead atoms. The molecular weight excluding hydrogens is 228 g/mol. The van der Waals surface area contributed by atoms with Gasteiger partial charge in [-0.25, -0.2) is 0 Å². The zero-order valence-electron chi connectivity index (χ0n) is 10.6. The van der Waals surface area contributed by atoms with E-state index < -0.39 is 0 Å². The Morgan fingerprint density at radius 1 is 0.889 bits per heavy atom. The maximum atomic E-state index is 5.25. The van der Waals surface area contributed by atoms with E-state index in [0.29, 0.717) is 13.1 Å². The van der Waals surface area contributed by atoms with Gasteiger partial charge in [-0.2, -0.15) is 0 Å². The monoisotopic (exact) mass is 244 g/mol. The van der Waals surface area contributed by atoms with Crippen molar-refractivity contribution in [1.82, 2.24) is 0 Å². The van der Waals surface area contributed by atoms with Gasteiger partial charge in [0.1, 0.15) is 11.5 Å². The number of rotatable bonds is 5. The minimum absolute atomic E-state index is 0.643. The molecule has 0 atom stereocenters. The van der Waals surface area contributed by atoms with E-state index in [1.165, 1.54) is 0 Å². The molecule has 94 valence electrons. The second-order valence-electron chi connectivity index (χ2n) is 3.89. The van der Waals surface area contributed by atoms with Crippen LogP contribution in [0.15, 0.2) is 55.6 Å². The first kappa shape index (κ1) is 12.4. The van der Waals surface area contributed by atoms with Gasteiger partial charge in [-0.3, -0.25) is 9.98 Å². The Kier molecular flexibility index (Phi) is 4.12. The van der Waals surface area contributed by atoms with Gasteiger partial charge < -0.3 is 8.83 Å². The number of hydrogen-bond acceptors (Lipinski definition) is 4. The van der Waals surface area contributed by atoms with Crippen LogP contribution >= 0.6 is 0 Å². The Hall–Kier alpha value is -2.10. The summed E-state index contributed by atoms with van der Waals surface area (Å²) >= 11 is 0. The van der Waals surface area contributed by atoms with E-state index in [9.17, 15) is 0 Å². The van der Waals surface area contributed by atoms with Crippen LogP contribution in [-0.4, -0.2) is 24.5 Å². The zero-order chi connectivity index (χ0) is 12.8. The van der Waals surface area contributed by atoms with Gasteiger partial charge in [-0.15, -0.1) is 0 Å². The summed E-state index contributed by atoms with van der Waals surface area (Å²) in [6, 6.07) is 7.51. The lowest BCUT2D eigenvalue weighted by atomic mass is 10.3. The maximum absolute atomic E-state index is 5.25. The highest BCUT2D eigenvalue weighted by Gasteiger charge is 2.00. The van der Waals surface area contributed by atoms with Crippen molar-refractivity contribution in [2.45, 2.75) is 13.8 Å². The van der Waals surface area contributed by atoms with Crippen molar-refractivity contribution >= 4 is 11.4 Å². The van der Waals surface area contributed by atoms with Crippen molar-refractivity contribution in [3.63, 3.8) is 0 Å². The molecule has 0 radical (unpaired) electrons. The molecule has 0 N–H and O–H groups in total. The summed E-state index contributed by atoms with van der Waals surface area (Å²) in [5, 5.41) is 0. The average Bonchev–Trinajstić information content (AvgIpc) is 3.05. The number of hydrogen-bond donors (Lipinski definition) is 0. The Morgan fingerprint density at radius 3 is 1.67 bits per heavy atom. The zero-order valence-corrected chi connectivity index (χ0v) is 10.6. The van der Waals surface area contributed by atoms with Crippen LogP contribution in [-0.2, 0) is 0 Å². The minimum atomic E-state index is 0.643. The number of furan rings is 2. The Labute approximate surface area is 106 Å². The van der Waals surface area contributed by atoms with Crippen LogP contribution in [0.5, 0.6) is 0 Å².